The van der Waals surface area contributed by atoms with Gasteiger partial charge in [0.25, 0.3) is 0 Å². The number of rotatable bonds is 6. The van der Waals surface area contributed by atoms with Gasteiger partial charge in [-0.25, -0.2) is 13.4 Å². The van der Waals surface area contributed by atoms with Gasteiger partial charge in [0.05, 0.1) is 20.5 Å². The van der Waals surface area contributed by atoms with Crippen LogP contribution in [-0.2, 0) is 9.84 Å². The standard InChI is InChI=1S/C28H26Cl2N2O3S/c1-28(2,3)16-25(33)24-17-32(27(31-24)26-22(29)9-6-10-23(26)30)20-13-11-18(12-14-20)19-7-5-8-21(15-19)36(4,34)35/h5-15,17H,16H2,1-4H3. The van der Waals surface area contributed by atoms with Crippen LogP contribution in [0.25, 0.3) is 28.2 Å². The van der Waals surface area contributed by atoms with Crippen LogP contribution < -0.4 is 0 Å². The molecular weight excluding hydrogens is 515 g/mol. The Kier molecular flexibility index (Phi) is 7.15. The summed E-state index contributed by atoms with van der Waals surface area (Å²) in [5.41, 5.74) is 3.08. The zero-order valence-electron chi connectivity index (χ0n) is 20.4. The quantitative estimate of drug-likeness (QED) is 0.237. The van der Waals surface area contributed by atoms with E-state index in [0.29, 0.717) is 33.5 Å². The molecule has 8 heteroatoms. The Hall–Kier alpha value is -2.93. The molecule has 0 bridgehead atoms. The molecule has 0 amide bonds. The molecule has 0 atom stereocenters. The summed E-state index contributed by atoms with van der Waals surface area (Å²) in [5, 5.41) is 0.858. The average Bonchev–Trinajstić information content (AvgIpc) is 3.23. The first-order chi connectivity index (χ1) is 16.8. The van der Waals surface area contributed by atoms with Crippen molar-refractivity contribution in [3.63, 3.8) is 0 Å². The van der Waals surface area contributed by atoms with Crippen LogP contribution in [0, 0.1) is 5.41 Å². The topological polar surface area (TPSA) is 69.0 Å². The molecule has 1 heterocycles. The van der Waals surface area contributed by atoms with Gasteiger partial charge in [0.2, 0.25) is 0 Å². The molecule has 0 aliphatic rings. The van der Waals surface area contributed by atoms with Crippen molar-refractivity contribution in [1.29, 1.82) is 0 Å². The van der Waals surface area contributed by atoms with Gasteiger partial charge in [-0.1, -0.05) is 74.3 Å². The number of carbonyl (C=O) groups is 1. The minimum atomic E-state index is -3.32. The largest absolute Gasteiger partial charge is 0.299 e. The van der Waals surface area contributed by atoms with E-state index >= 15 is 0 Å². The summed E-state index contributed by atoms with van der Waals surface area (Å²) in [6.45, 7) is 6.02. The van der Waals surface area contributed by atoms with Crippen LogP contribution in [0.15, 0.2) is 77.8 Å². The first-order valence-electron chi connectivity index (χ1n) is 11.3. The minimum absolute atomic E-state index is 0.0695. The lowest BCUT2D eigenvalue weighted by Crippen LogP contribution is -2.13. The van der Waals surface area contributed by atoms with Gasteiger partial charge in [0, 0.05) is 24.6 Å². The lowest BCUT2D eigenvalue weighted by molar-refractivity contribution is 0.0935. The number of carbonyl (C=O) groups excluding carboxylic acids is 1. The summed E-state index contributed by atoms with van der Waals surface area (Å²) in [5.74, 6) is 0.398. The molecule has 0 fully saturated rings. The third-order valence-electron chi connectivity index (χ3n) is 5.61. The molecule has 0 aliphatic heterocycles. The molecule has 4 rings (SSSR count). The van der Waals surface area contributed by atoms with Crippen LogP contribution >= 0.6 is 23.2 Å². The molecule has 0 N–H and O–H groups in total. The fourth-order valence-corrected chi connectivity index (χ4v) is 5.13. The number of hydrogen-bond donors (Lipinski definition) is 0. The van der Waals surface area contributed by atoms with Gasteiger partial charge in [0.1, 0.15) is 11.5 Å². The van der Waals surface area contributed by atoms with Gasteiger partial charge < -0.3 is 0 Å². The van der Waals surface area contributed by atoms with E-state index in [2.05, 4.69) is 4.98 Å². The zero-order chi connectivity index (χ0) is 26.3. The van der Waals surface area contributed by atoms with Crippen molar-refractivity contribution in [2.24, 2.45) is 5.41 Å². The van der Waals surface area contributed by atoms with Crippen molar-refractivity contribution < 1.29 is 13.2 Å². The van der Waals surface area contributed by atoms with Crippen molar-refractivity contribution >= 4 is 38.8 Å². The molecule has 186 valence electrons. The zero-order valence-corrected chi connectivity index (χ0v) is 22.7. The average molecular weight is 542 g/mol. The second-order valence-corrected chi connectivity index (χ2v) is 12.8. The van der Waals surface area contributed by atoms with E-state index in [-0.39, 0.29) is 16.1 Å². The molecule has 0 spiro atoms. The van der Waals surface area contributed by atoms with Crippen molar-refractivity contribution in [2.45, 2.75) is 32.1 Å². The Labute approximate surface area is 221 Å². The van der Waals surface area contributed by atoms with Gasteiger partial charge >= 0.3 is 0 Å². The summed E-state index contributed by atoms with van der Waals surface area (Å²) in [6.07, 6.45) is 3.24. The van der Waals surface area contributed by atoms with E-state index in [1.807, 2.05) is 51.1 Å². The summed E-state index contributed by atoms with van der Waals surface area (Å²) in [4.78, 5) is 17.9. The van der Waals surface area contributed by atoms with Crippen LogP contribution in [0.1, 0.15) is 37.7 Å². The Balaban J connectivity index is 1.81. The number of ketones is 1. The highest BCUT2D eigenvalue weighted by Gasteiger charge is 2.23. The van der Waals surface area contributed by atoms with Gasteiger partial charge in [0.15, 0.2) is 15.6 Å². The Morgan fingerprint density at radius 2 is 1.53 bits per heavy atom. The lowest BCUT2D eigenvalue weighted by Gasteiger charge is -2.15. The van der Waals surface area contributed by atoms with Crippen LogP contribution in [0.3, 0.4) is 0 Å². The van der Waals surface area contributed by atoms with Crippen LogP contribution in [0.4, 0.5) is 0 Å². The second kappa shape index (κ2) is 9.85. The number of aromatic nitrogens is 2. The fraction of sp³-hybridized carbons (Fsp3) is 0.214. The van der Waals surface area contributed by atoms with E-state index in [9.17, 15) is 13.2 Å². The van der Waals surface area contributed by atoms with Gasteiger partial charge in [-0.3, -0.25) is 9.36 Å². The fourth-order valence-electron chi connectivity index (χ4n) is 3.89. The Morgan fingerprint density at radius 1 is 0.917 bits per heavy atom. The smallest absolute Gasteiger partial charge is 0.183 e. The predicted molar refractivity (Wildman–Crippen MR) is 146 cm³/mol. The predicted octanol–water partition coefficient (Wildman–Crippen LogP) is 7.54. The monoisotopic (exact) mass is 540 g/mol. The minimum Gasteiger partial charge on any atom is -0.299 e. The third-order valence-corrected chi connectivity index (χ3v) is 7.35. The molecule has 0 radical (unpaired) electrons. The van der Waals surface area contributed by atoms with Gasteiger partial charge in [-0.05, 0) is 52.9 Å². The summed E-state index contributed by atoms with van der Waals surface area (Å²) in [7, 11) is -3.32. The molecule has 0 unspecified atom stereocenters. The van der Waals surface area contributed by atoms with Crippen molar-refractivity contribution in [1.82, 2.24) is 9.55 Å². The summed E-state index contributed by atoms with van der Waals surface area (Å²) < 4.78 is 25.7. The molecule has 4 aromatic rings. The first kappa shape index (κ1) is 26.1. The number of halogens is 2. The van der Waals surface area contributed by atoms with Crippen LogP contribution in [-0.4, -0.2) is 30.0 Å². The molecule has 3 aromatic carbocycles. The molecule has 0 saturated carbocycles. The number of benzene rings is 3. The van der Waals surface area contributed by atoms with Crippen molar-refractivity contribution in [3.8, 4) is 28.2 Å². The lowest BCUT2D eigenvalue weighted by atomic mass is 9.89. The first-order valence-corrected chi connectivity index (χ1v) is 14.0. The van der Waals surface area contributed by atoms with Crippen LogP contribution in [0.2, 0.25) is 10.0 Å². The summed E-state index contributed by atoms with van der Waals surface area (Å²) in [6, 6.07) is 19.6. The van der Waals surface area contributed by atoms with E-state index in [1.165, 1.54) is 6.26 Å². The SMILES string of the molecule is CC(C)(C)CC(=O)c1cn(-c2ccc(-c3cccc(S(C)(=O)=O)c3)cc2)c(-c2c(Cl)cccc2Cl)n1. The van der Waals surface area contributed by atoms with Crippen LogP contribution in [0.5, 0.6) is 0 Å². The number of nitrogens with zero attached hydrogens (tertiary/aromatic N) is 2. The molecule has 1 aromatic heterocycles. The number of Topliss-reactive ketones (excluding diaryl/α,β-unsaturated/α-hetero) is 1. The number of imidazole rings is 1. The second-order valence-electron chi connectivity index (χ2n) is 9.92. The molecule has 36 heavy (non-hydrogen) atoms. The molecule has 0 aliphatic carbocycles. The number of sulfone groups is 1. The normalized spacial score (nSPS) is 12.1. The third kappa shape index (κ3) is 5.72. The Bertz CT molecular complexity index is 1530. The summed E-state index contributed by atoms with van der Waals surface area (Å²) >= 11 is 13.0. The van der Waals surface area contributed by atoms with E-state index in [4.69, 9.17) is 23.2 Å². The van der Waals surface area contributed by atoms with Crippen molar-refractivity contribution in [3.05, 3.63) is 88.7 Å². The van der Waals surface area contributed by atoms with E-state index in [0.717, 1.165) is 16.8 Å². The molecule has 0 saturated heterocycles. The molecule has 5 nitrogen and oxygen atoms in total. The highest BCUT2D eigenvalue weighted by atomic mass is 35.5. The maximum atomic E-state index is 13.0. The van der Waals surface area contributed by atoms with Crippen molar-refractivity contribution in [2.75, 3.05) is 6.26 Å². The van der Waals surface area contributed by atoms with Gasteiger partial charge in [-0.15, -0.1) is 0 Å². The maximum absolute atomic E-state index is 13.0. The Morgan fingerprint density at radius 3 is 2.11 bits per heavy atom. The van der Waals surface area contributed by atoms with Gasteiger partial charge in [-0.2, -0.15) is 0 Å². The maximum Gasteiger partial charge on any atom is 0.183 e. The van der Waals surface area contributed by atoms with E-state index in [1.54, 1.807) is 47.2 Å². The molecular formula is C28H26Cl2N2O3S. The highest BCUT2D eigenvalue weighted by molar-refractivity contribution is 7.90. The van der Waals surface area contributed by atoms with E-state index < -0.39 is 9.84 Å². The number of hydrogen-bond acceptors (Lipinski definition) is 4. The highest BCUT2D eigenvalue weighted by Crippen LogP contribution is 2.36.